The smallest absolute Gasteiger partial charge is 0.870 e. The van der Waals surface area contributed by atoms with Gasteiger partial charge in [-0.15, -0.1) is 4.63 Å². The molecule has 49 heteroatoms. The molecule has 0 atom stereocenters. The van der Waals surface area contributed by atoms with Gasteiger partial charge in [0.15, 0.2) is 16.5 Å². The minimum atomic E-state index is -3.76. The van der Waals surface area contributed by atoms with Crippen LogP contribution in [0.25, 0.3) is 34.4 Å². The van der Waals surface area contributed by atoms with Crippen molar-refractivity contribution in [1.82, 2.24) is 63.3 Å². The van der Waals surface area contributed by atoms with E-state index in [1.165, 1.54) is 42.5 Å². The van der Waals surface area contributed by atoms with Crippen molar-refractivity contribution in [1.29, 1.82) is 0 Å². The second-order valence-electron chi connectivity index (χ2n) is 21.1. The number of nitro groups is 1. The third-order valence-electron chi connectivity index (χ3n) is 13.8. The number of nitrogens with zero attached hydrogens (tertiary/aromatic N) is 15. The van der Waals surface area contributed by atoms with Gasteiger partial charge in [0.25, 0.3) is 23.5 Å². The summed E-state index contributed by atoms with van der Waals surface area (Å²) in [6, 6.07) is 11.8. The van der Waals surface area contributed by atoms with Crippen LogP contribution in [0.4, 0.5) is 45.3 Å². The zero-order chi connectivity index (χ0) is 71.0. The Kier molecular flexibility index (Phi) is 27.8. The number of rotatable bonds is 24. The van der Waals surface area contributed by atoms with Crippen molar-refractivity contribution in [3.8, 4) is 34.4 Å². The fourth-order valence-electron chi connectivity index (χ4n) is 8.89. The number of aromatic nitrogens is 10. The van der Waals surface area contributed by atoms with E-state index in [9.17, 15) is 89.7 Å². The predicted molar refractivity (Wildman–Crippen MR) is 326 cm³/mol. The first-order chi connectivity index (χ1) is 45.5. The number of sulfonamides is 3. The summed E-state index contributed by atoms with van der Waals surface area (Å²) < 4.78 is 215. The van der Waals surface area contributed by atoms with Crippen molar-refractivity contribution in [2.24, 2.45) is 10.9 Å². The van der Waals surface area contributed by atoms with E-state index in [0.29, 0.717) is 36.2 Å². The van der Waals surface area contributed by atoms with E-state index in [2.05, 4.69) is 103 Å². The van der Waals surface area contributed by atoms with Crippen LogP contribution in [0.2, 0.25) is 0 Å². The van der Waals surface area contributed by atoms with Crippen LogP contribution in [-0.2, 0) is 49.3 Å². The summed E-state index contributed by atoms with van der Waals surface area (Å²) in [5.41, 5.74) is 6.92. The number of oxime groups is 1. The Balaban J connectivity index is 0.000000215. The van der Waals surface area contributed by atoms with Crippen LogP contribution in [-0.4, -0.2) is 191 Å². The van der Waals surface area contributed by atoms with Gasteiger partial charge in [0.2, 0.25) is 41.7 Å². The summed E-state index contributed by atoms with van der Waals surface area (Å²) >= 11 is 9.10. The minimum Gasteiger partial charge on any atom is -0.870 e. The third kappa shape index (κ3) is 20.7. The first-order valence-corrected chi connectivity index (χ1v) is 34.9. The van der Waals surface area contributed by atoms with Gasteiger partial charge in [-0.1, -0.05) is 31.8 Å². The molecule has 534 valence electrons. The summed E-state index contributed by atoms with van der Waals surface area (Å²) in [4.78, 5) is 34.0. The van der Waals surface area contributed by atoms with Crippen molar-refractivity contribution in [2.45, 2.75) is 69.1 Å². The Morgan fingerprint density at radius 2 is 0.970 bits per heavy atom. The molecule has 0 saturated carbocycles. The van der Waals surface area contributed by atoms with E-state index in [-0.39, 0.29) is 144 Å². The van der Waals surface area contributed by atoms with Gasteiger partial charge in [-0.05, 0) is 174 Å². The fourth-order valence-corrected chi connectivity index (χ4v) is 14.8. The molecule has 3 aromatic carbocycles. The van der Waals surface area contributed by atoms with E-state index in [1.807, 2.05) is 0 Å². The van der Waals surface area contributed by atoms with Crippen molar-refractivity contribution in [2.75, 3.05) is 63.1 Å². The molecular formula is C50H49Br3F9N16NaO17S3. The molecule has 33 nitrogen and oxygen atoms in total. The number of alkyl halides is 6. The maximum atomic E-state index is 13.6. The number of hydrogen-bond acceptors (Lipinski definition) is 27. The van der Waals surface area contributed by atoms with Gasteiger partial charge < -0.3 is 26.5 Å². The Labute approximate surface area is 598 Å². The van der Waals surface area contributed by atoms with E-state index < -0.39 is 133 Å². The molecule has 0 aliphatic carbocycles. The number of aryl methyl sites for hydroxylation is 2. The van der Waals surface area contributed by atoms with Crippen LogP contribution >= 0.6 is 47.8 Å². The molecule has 99 heavy (non-hydrogen) atoms. The molecule has 3 aliphatic heterocycles. The van der Waals surface area contributed by atoms with Gasteiger partial charge in [-0.25, -0.2) is 92.7 Å². The summed E-state index contributed by atoms with van der Waals surface area (Å²) in [5.74, 6) is -13.8. The Morgan fingerprint density at radius 3 is 1.39 bits per heavy atom. The predicted octanol–water partition coefficient (Wildman–Crippen LogP) is 3.50. The SMILES string of the molecule is NCCCS(=O)(=O)N1CC(F)(F)C1.O=S(=O)(CCCCc1nonc1/C(Cc1ccc(F)c(Br)c1)=N/O)N1CC(F)(F)C1.O=c1onc(-c2nonc2CCCCS(=O)(=O)N2CC(F)(F)C2)n1-c1ccc(F)c(Br)c1.O=c1onc(-c2nonc2[N+](=O)[O-])n1-c1ccc(F)c(Br)c1.[Na+].[OH-]. The van der Waals surface area contributed by atoms with E-state index in [4.69, 9.17) is 19.5 Å². The quantitative estimate of drug-likeness (QED) is 0.0166. The molecule has 0 amide bonds. The third-order valence-corrected chi connectivity index (χ3v) is 21.2. The molecule has 0 unspecified atom stereocenters. The summed E-state index contributed by atoms with van der Waals surface area (Å²) in [6.45, 7) is -4.25. The number of nitrogens with two attached hydrogens (primary N) is 1. The molecule has 8 aromatic rings. The van der Waals surface area contributed by atoms with Gasteiger partial charge in [-0.2, -0.15) is 12.9 Å². The fraction of sp³-hybridized carbons (Fsp3) is 0.420. The molecule has 5 aromatic heterocycles. The molecule has 0 spiro atoms. The van der Waals surface area contributed by atoms with Crippen molar-refractivity contribution in [3.05, 3.63) is 139 Å². The normalized spacial score (nSPS) is 15.8. The van der Waals surface area contributed by atoms with Crippen LogP contribution in [0.15, 0.2) is 106 Å². The van der Waals surface area contributed by atoms with Gasteiger partial charge in [0.05, 0.1) is 81.3 Å². The Hall–Kier alpha value is -6.71. The summed E-state index contributed by atoms with van der Waals surface area (Å²) in [6.07, 6.45) is 2.08. The van der Waals surface area contributed by atoms with Crippen LogP contribution in [0.3, 0.4) is 0 Å². The standard InChI is InChI=1S/C17H15BrF3N5O5S.C17H18BrF3N4O4S.C10H3BrFN5O5.C6H12F2N2O2S.Na.H2O/c18-11-7-10(4-5-12(11)19)26-15(24-30-16(26)27)14-13(22-31-23-14)3-1-2-6-32(28,29)25-8-17(20,21)9-25;18-12-7-11(4-5-13(12)19)8-15(22-26)16-14(23-29-24-16)3-1-2-6-30(27,28)25-9-17(20,21)10-25;11-5-3-4(1-2-6(5)12)16-8(14-21-10(16)18)7-9(17(19)20)15-22-13-7;7-6(8)4-10(5-6)13(11,12)3-1-2-9;;/h4-5,7H,1-3,6,8-9H2;4-5,7,26H,1-3,6,8-10H2;1-3H;1-5,9H2;;1H2/q;;;;+1;/p-1/b;22-15+;;;;. The molecule has 3 saturated heterocycles. The first kappa shape index (κ1) is 81.3. The van der Waals surface area contributed by atoms with Crippen molar-refractivity contribution in [3.63, 3.8) is 0 Å². The largest absolute Gasteiger partial charge is 1.00 e. The second kappa shape index (κ2) is 33.8. The number of unbranched alkanes of at least 4 members (excludes halogenated alkanes) is 2. The number of halogens is 12. The first-order valence-electron chi connectivity index (χ1n) is 27.7. The monoisotopic (exact) mass is 1670 g/mol. The molecule has 3 fully saturated rings. The Bertz CT molecular complexity index is 4640. The van der Waals surface area contributed by atoms with Gasteiger partial charge >= 0.3 is 46.9 Å². The maximum absolute atomic E-state index is 13.6. The van der Waals surface area contributed by atoms with Crippen LogP contribution in [0.1, 0.15) is 54.7 Å². The average Bonchev–Trinajstić information content (AvgIpc) is 1.12. The van der Waals surface area contributed by atoms with Crippen LogP contribution in [0.5, 0.6) is 0 Å². The van der Waals surface area contributed by atoms with Crippen LogP contribution < -0.4 is 46.8 Å². The van der Waals surface area contributed by atoms with Crippen LogP contribution in [0, 0.1) is 27.6 Å². The molecule has 11 rings (SSSR count). The average molecular weight is 1680 g/mol. The van der Waals surface area contributed by atoms with Gasteiger partial charge in [-0.3, -0.25) is 9.05 Å². The zero-order valence-corrected chi connectivity index (χ0v) is 59.7. The molecule has 8 heterocycles. The van der Waals surface area contributed by atoms with E-state index in [1.54, 1.807) is 0 Å². The zero-order valence-electron chi connectivity index (χ0n) is 50.5. The summed E-state index contributed by atoms with van der Waals surface area (Å²) in [7, 11) is -11.0. The van der Waals surface area contributed by atoms with Crippen molar-refractivity contribution < 1.29 is 133 Å². The Morgan fingerprint density at radius 1 is 0.576 bits per heavy atom. The molecule has 3 aliphatic rings. The van der Waals surface area contributed by atoms with E-state index in [0.717, 1.165) is 34.2 Å². The number of benzene rings is 3. The minimum absolute atomic E-state index is 0. The van der Waals surface area contributed by atoms with Gasteiger partial charge in [0, 0.05) is 6.42 Å². The molecule has 0 radical (unpaired) electrons. The van der Waals surface area contributed by atoms with E-state index >= 15 is 0 Å². The topological polar surface area (TPSA) is 457 Å². The summed E-state index contributed by atoms with van der Waals surface area (Å²) in [5, 5.41) is 52.1. The molecule has 4 N–H and O–H groups in total. The van der Waals surface area contributed by atoms with Gasteiger partial charge in [0.1, 0.15) is 34.6 Å². The maximum Gasteiger partial charge on any atom is 1.00 e. The number of hydrogen-bond donors (Lipinski definition) is 2. The van der Waals surface area contributed by atoms with Crippen molar-refractivity contribution >= 4 is 89.4 Å². The second-order valence-corrected chi connectivity index (χ2v) is 29.9. The molecular weight excluding hydrogens is 1630 g/mol. The molecule has 0 bridgehead atoms.